The fourth-order valence-corrected chi connectivity index (χ4v) is 2.68. The van der Waals surface area contributed by atoms with E-state index in [0.29, 0.717) is 6.42 Å². The van der Waals surface area contributed by atoms with Crippen molar-refractivity contribution in [1.82, 2.24) is 0 Å². The minimum Gasteiger partial charge on any atom is -0.294 e. The molecule has 1 fully saturated rings. The second-order valence-electron chi connectivity index (χ2n) is 4.60. The molecule has 1 aliphatic rings. The van der Waals surface area contributed by atoms with Crippen LogP contribution in [-0.2, 0) is 11.2 Å². The summed E-state index contributed by atoms with van der Waals surface area (Å²) in [5.41, 5.74) is 2.42. The van der Waals surface area contributed by atoms with Crippen LogP contribution in [0.5, 0.6) is 0 Å². The van der Waals surface area contributed by atoms with E-state index in [9.17, 15) is 4.79 Å². The molecule has 1 aromatic rings. The predicted molar refractivity (Wildman–Crippen MR) is 74.0 cm³/mol. The van der Waals surface area contributed by atoms with E-state index in [1.54, 1.807) is 0 Å². The Morgan fingerprint density at radius 3 is 2.59 bits per heavy atom. The number of benzene rings is 1. The Morgan fingerprint density at radius 2 is 1.88 bits per heavy atom. The molecule has 0 atom stereocenters. The molecule has 1 saturated carbocycles. The maximum absolute atomic E-state index is 11.9. The van der Waals surface area contributed by atoms with Gasteiger partial charge in [0.2, 0.25) is 0 Å². The van der Waals surface area contributed by atoms with E-state index in [0.717, 1.165) is 22.9 Å². The molecule has 90 valence electrons. The van der Waals surface area contributed by atoms with Gasteiger partial charge in [-0.15, -0.1) is 0 Å². The van der Waals surface area contributed by atoms with Crippen LogP contribution in [0.15, 0.2) is 40.4 Å². The van der Waals surface area contributed by atoms with Crippen LogP contribution in [-0.4, -0.2) is 5.78 Å². The van der Waals surface area contributed by atoms with Gasteiger partial charge in [0.25, 0.3) is 0 Å². The van der Waals surface area contributed by atoms with Gasteiger partial charge >= 0.3 is 0 Å². The van der Waals surface area contributed by atoms with Gasteiger partial charge in [0.1, 0.15) is 0 Å². The molecule has 0 saturated heterocycles. The lowest BCUT2D eigenvalue weighted by Gasteiger charge is -2.13. The van der Waals surface area contributed by atoms with Gasteiger partial charge in [0, 0.05) is 10.9 Å². The number of halogens is 1. The molecule has 2 rings (SSSR count). The molecule has 0 radical (unpaired) electrons. The normalized spacial score (nSPS) is 15.7. The lowest BCUT2D eigenvalue weighted by atomic mass is 9.93. The maximum atomic E-state index is 11.9. The third-order valence-corrected chi connectivity index (χ3v) is 3.96. The lowest BCUT2D eigenvalue weighted by molar-refractivity contribution is -0.114. The summed E-state index contributed by atoms with van der Waals surface area (Å²) < 4.78 is 1.02. The Hall–Kier alpha value is -0.890. The minimum absolute atomic E-state index is 0.230. The highest BCUT2D eigenvalue weighted by molar-refractivity contribution is 9.10. The van der Waals surface area contributed by atoms with Gasteiger partial charge in [-0.25, -0.2) is 0 Å². The smallest absolute Gasteiger partial charge is 0.160 e. The summed E-state index contributed by atoms with van der Waals surface area (Å²) in [6.45, 7) is 0. The Kier molecular flexibility index (Phi) is 4.55. The largest absolute Gasteiger partial charge is 0.294 e. The summed E-state index contributed by atoms with van der Waals surface area (Å²) in [7, 11) is 0. The lowest BCUT2D eigenvalue weighted by Crippen LogP contribution is -2.03. The summed E-state index contributed by atoms with van der Waals surface area (Å²) in [5, 5.41) is 0. The number of allylic oxidation sites excluding steroid dienone is 2. The summed E-state index contributed by atoms with van der Waals surface area (Å²) in [6.07, 6.45) is 8.41. The van der Waals surface area contributed by atoms with Gasteiger partial charge in [-0.05, 0) is 43.4 Å². The van der Waals surface area contributed by atoms with Gasteiger partial charge in [0.05, 0.1) is 0 Å². The van der Waals surface area contributed by atoms with Crippen LogP contribution < -0.4 is 0 Å². The van der Waals surface area contributed by atoms with Crippen molar-refractivity contribution in [2.75, 3.05) is 0 Å². The number of rotatable bonds is 3. The molecule has 0 spiro atoms. The molecule has 0 amide bonds. The molecule has 2 heteroatoms. The first-order valence-electron chi connectivity index (χ1n) is 6.21. The average molecular weight is 293 g/mol. The molecule has 1 aliphatic carbocycles. The Bertz CT molecular complexity index is 426. The highest BCUT2D eigenvalue weighted by Gasteiger charge is 2.09. The second-order valence-corrected chi connectivity index (χ2v) is 5.45. The zero-order chi connectivity index (χ0) is 12.1. The van der Waals surface area contributed by atoms with Crippen molar-refractivity contribution in [3.05, 3.63) is 46.0 Å². The molecule has 0 aromatic heterocycles. The molecule has 0 heterocycles. The highest BCUT2D eigenvalue weighted by atomic mass is 79.9. The first-order chi connectivity index (χ1) is 8.25. The van der Waals surface area contributed by atoms with Crippen molar-refractivity contribution >= 4 is 21.7 Å². The van der Waals surface area contributed by atoms with Crippen molar-refractivity contribution in [3.63, 3.8) is 0 Å². The summed E-state index contributed by atoms with van der Waals surface area (Å²) in [6, 6.07) is 7.93. The summed E-state index contributed by atoms with van der Waals surface area (Å²) >= 11 is 3.48. The van der Waals surface area contributed by atoms with E-state index in [2.05, 4.69) is 15.9 Å². The quantitative estimate of drug-likeness (QED) is 0.752. The molecular formula is C15H17BrO. The first-order valence-corrected chi connectivity index (χ1v) is 7.01. The van der Waals surface area contributed by atoms with E-state index >= 15 is 0 Å². The van der Waals surface area contributed by atoms with Crippen LogP contribution in [0.25, 0.3) is 0 Å². The van der Waals surface area contributed by atoms with Crippen LogP contribution in [0.3, 0.4) is 0 Å². The van der Waals surface area contributed by atoms with Crippen molar-refractivity contribution in [2.45, 2.75) is 38.5 Å². The van der Waals surface area contributed by atoms with Gasteiger partial charge in [-0.1, -0.05) is 46.1 Å². The van der Waals surface area contributed by atoms with Gasteiger partial charge in [-0.3, -0.25) is 4.79 Å². The molecule has 1 nitrogen and oxygen atoms in total. The van der Waals surface area contributed by atoms with Gasteiger partial charge in [0.15, 0.2) is 5.78 Å². The van der Waals surface area contributed by atoms with Crippen molar-refractivity contribution < 1.29 is 4.79 Å². The van der Waals surface area contributed by atoms with E-state index in [4.69, 9.17) is 0 Å². The van der Waals surface area contributed by atoms with E-state index in [1.807, 2.05) is 30.3 Å². The molecule has 0 unspecified atom stereocenters. The monoisotopic (exact) mass is 292 g/mol. The molecule has 17 heavy (non-hydrogen) atoms. The Morgan fingerprint density at radius 1 is 1.18 bits per heavy atom. The highest BCUT2D eigenvalue weighted by Crippen LogP contribution is 2.23. The molecule has 0 aliphatic heterocycles. The van der Waals surface area contributed by atoms with Crippen LogP contribution in [0.2, 0.25) is 0 Å². The third kappa shape index (κ3) is 3.81. The van der Waals surface area contributed by atoms with E-state index in [1.165, 1.54) is 24.8 Å². The fraction of sp³-hybridized carbons (Fsp3) is 0.400. The predicted octanol–water partition coefficient (Wildman–Crippen LogP) is 4.45. The number of carbonyl (C=O) groups excluding carboxylic acids is 1. The van der Waals surface area contributed by atoms with Gasteiger partial charge < -0.3 is 0 Å². The SMILES string of the molecule is O=C(C=C1CCCCC1)Cc1ccccc1Br. The van der Waals surface area contributed by atoms with Gasteiger partial charge in [-0.2, -0.15) is 0 Å². The molecule has 1 aromatic carbocycles. The number of carbonyl (C=O) groups is 1. The second kappa shape index (κ2) is 6.15. The first kappa shape index (κ1) is 12.6. The van der Waals surface area contributed by atoms with Crippen molar-refractivity contribution in [3.8, 4) is 0 Å². The summed E-state index contributed by atoms with van der Waals surface area (Å²) in [5.74, 6) is 0.230. The fourth-order valence-electron chi connectivity index (χ4n) is 2.26. The van der Waals surface area contributed by atoms with Crippen molar-refractivity contribution in [2.24, 2.45) is 0 Å². The Balaban J connectivity index is 1.99. The maximum Gasteiger partial charge on any atom is 0.160 e. The average Bonchev–Trinajstić information content (AvgIpc) is 2.33. The summed E-state index contributed by atoms with van der Waals surface area (Å²) in [4.78, 5) is 11.9. The van der Waals surface area contributed by atoms with E-state index in [-0.39, 0.29) is 5.78 Å². The zero-order valence-electron chi connectivity index (χ0n) is 9.92. The topological polar surface area (TPSA) is 17.1 Å². The van der Waals surface area contributed by atoms with Crippen LogP contribution in [0, 0.1) is 0 Å². The standard InChI is InChI=1S/C15H17BrO/c16-15-9-5-4-8-13(15)11-14(17)10-12-6-2-1-3-7-12/h4-5,8-10H,1-3,6-7,11H2. The van der Waals surface area contributed by atoms with Crippen LogP contribution >= 0.6 is 15.9 Å². The van der Waals surface area contributed by atoms with Crippen LogP contribution in [0.4, 0.5) is 0 Å². The molecular weight excluding hydrogens is 276 g/mol. The molecule has 0 bridgehead atoms. The Labute approximate surface area is 111 Å². The number of ketones is 1. The number of hydrogen-bond donors (Lipinski definition) is 0. The van der Waals surface area contributed by atoms with Crippen LogP contribution in [0.1, 0.15) is 37.7 Å². The number of hydrogen-bond acceptors (Lipinski definition) is 1. The zero-order valence-corrected chi connectivity index (χ0v) is 11.5. The minimum atomic E-state index is 0.230. The van der Waals surface area contributed by atoms with E-state index < -0.39 is 0 Å². The molecule has 0 N–H and O–H groups in total. The van der Waals surface area contributed by atoms with Crippen molar-refractivity contribution in [1.29, 1.82) is 0 Å². The third-order valence-electron chi connectivity index (χ3n) is 3.18.